The van der Waals surface area contributed by atoms with E-state index in [2.05, 4.69) is 4.74 Å². The molecule has 66 valence electrons. The van der Waals surface area contributed by atoms with Crippen LogP contribution in [0.15, 0.2) is 0 Å². The molecule has 4 heteroatoms. The summed E-state index contributed by atoms with van der Waals surface area (Å²) in [7, 11) is 0. The van der Waals surface area contributed by atoms with E-state index in [4.69, 9.17) is 10.8 Å². The van der Waals surface area contributed by atoms with E-state index >= 15 is 0 Å². The lowest BCUT2D eigenvalue weighted by atomic mass is 9.97. The molecule has 1 atom stereocenters. The molecule has 0 amide bonds. The average molecular weight is 161 g/mol. The number of carbonyl (C=O) groups excluding carboxylic acids is 1. The Hall–Kier alpha value is -0.610. The van der Waals surface area contributed by atoms with Crippen molar-refractivity contribution in [3.63, 3.8) is 0 Å². The van der Waals surface area contributed by atoms with Crippen molar-refractivity contribution in [2.75, 3.05) is 6.61 Å². The van der Waals surface area contributed by atoms with Gasteiger partial charge in [0, 0.05) is 0 Å². The third kappa shape index (κ3) is 3.95. The molecule has 0 heterocycles. The molecule has 4 nitrogen and oxygen atoms in total. The van der Waals surface area contributed by atoms with Crippen LogP contribution in [-0.2, 0) is 9.53 Å². The smallest absolute Gasteiger partial charge is 0.312 e. The molecule has 0 aliphatic heterocycles. The highest BCUT2D eigenvalue weighted by molar-refractivity contribution is 5.75. The molecule has 1 unspecified atom stereocenters. The summed E-state index contributed by atoms with van der Waals surface area (Å²) in [5, 5.41) is 8.45. The van der Waals surface area contributed by atoms with Gasteiger partial charge in [0.2, 0.25) is 0 Å². The Kier molecular flexibility index (Phi) is 3.48. The zero-order valence-corrected chi connectivity index (χ0v) is 7.13. The molecule has 3 N–H and O–H groups in total. The van der Waals surface area contributed by atoms with Gasteiger partial charge in [-0.15, -0.1) is 0 Å². The molecule has 11 heavy (non-hydrogen) atoms. The highest BCUT2D eigenvalue weighted by atomic mass is 16.6. The quantitative estimate of drug-likeness (QED) is 0.436. The lowest BCUT2D eigenvalue weighted by molar-refractivity contribution is -0.160. The van der Waals surface area contributed by atoms with Crippen LogP contribution in [0, 0.1) is 5.41 Å². The Morgan fingerprint density at radius 1 is 1.64 bits per heavy atom. The van der Waals surface area contributed by atoms with E-state index in [9.17, 15) is 4.79 Å². The maximum absolute atomic E-state index is 11.0. The van der Waals surface area contributed by atoms with Crippen molar-refractivity contribution in [1.82, 2.24) is 0 Å². The van der Waals surface area contributed by atoms with Crippen LogP contribution in [0.3, 0.4) is 0 Å². The first-order chi connectivity index (χ1) is 4.88. The first kappa shape index (κ1) is 10.4. The maximum Gasteiger partial charge on any atom is 0.312 e. The molecule has 0 bridgehead atoms. The number of ether oxygens (including phenoxy) is 1. The Balaban J connectivity index is 3.88. The minimum atomic E-state index is -0.901. The van der Waals surface area contributed by atoms with Crippen LogP contribution in [0.5, 0.6) is 0 Å². The summed E-state index contributed by atoms with van der Waals surface area (Å²) in [5.41, 5.74) is 4.61. The normalized spacial score (nSPS) is 14.3. The summed E-state index contributed by atoms with van der Waals surface area (Å²) in [5.74, 6) is -0.404. The van der Waals surface area contributed by atoms with E-state index < -0.39 is 17.6 Å². The van der Waals surface area contributed by atoms with E-state index in [1.807, 2.05) is 0 Å². The lowest BCUT2D eigenvalue weighted by Crippen LogP contribution is -2.35. The van der Waals surface area contributed by atoms with Crippen LogP contribution in [0.2, 0.25) is 0 Å². The van der Waals surface area contributed by atoms with Gasteiger partial charge in [-0.2, -0.15) is 0 Å². The van der Waals surface area contributed by atoms with Crippen molar-refractivity contribution in [2.45, 2.75) is 27.0 Å². The van der Waals surface area contributed by atoms with Gasteiger partial charge in [0.15, 0.2) is 6.23 Å². The van der Waals surface area contributed by atoms with Gasteiger partial charge < -0.3 is 9.84 Å². The Labute approximate surface area is 66.3 Å². The van der Waals surface area contributed by atoms with Crippen LogP contribution in [0.25, 0.3) is 0 Å². The highest BCUT2D eigenvalue weighted by Gasteiger charge is 2.24. The topological polar surface area (TPSA) is 72.5 Å². The molecule has 0 fully saturated rings. The summed E-state index contributed by atoms with van der Waals surface area (Å²) in [4.78, 5) is 11.0. The fourth-order valence-corrected chi connectivity index (χ4v) is 0.352. The summed E-state index contributed by atoms with van der Waals surface area (Å²) < 4.78 is 4.65. The Bertz CT molecular complexity index is 139. The van der Waals surface area contributed by atoms with Crippen LogP contribution in [0.1, 0.15) is 20.8 Å². The molecule has 0 aromatic heterocycles. The minimum Gasteiger partial charge on any atom is -0.444 e. The van der Waals surface area contributed by atoms with Crippen molar-refractivity contribution < 1.29 is 14.6 Å². The summed E-state index contributed by atoms with van der Waals surface area (Å²) >= 11 is 0. The molecule has 0 rings (SSSR count). The lowest BCUT2D eigenvalue weighted by Gasteiger charge is -2.19. The van der Waals surface area contributed by atoms with Gasteiger partial charge >= 0.3 is 5.97 Å². The molecule has 0 saturated carbocycles. The van der Waals surface area contributed by atoms with Gasteiger partial charge in [0.1, 0.15) is 0 Å². The molecular weight excluding hydrogens is 146 g/mol. The van der Waals surface area contributed by atoms with Crippen molar-refractivity contribution in [3.05, 3.63) is 0 Å². The SMILES string of the molecule is CC(C)(C)C(=O)OC(N)CO. The Morgan fingerprint density at radius 2 is 2.09 bits per heavy atom. The largest absolute Gasteiger partial charge is 0.444 e. The summed E-state index contributed by atoms with van der Waals surface area (Å²) in [6.07, 6.45) is -0.901. The minimum absolute atomic E-state index is 0.345. The molecular formula is C7H15NO3. The van der Waals surface area contributed by atoms with E-state index in [1.54, 1.807) is 20.8 Å². The zero-order chi connectivity index (χ0) is 9.07. The van der Waals surface area contributed by atoms with Gasteiger partial charge in [-0.05, 0) is 20.8 Å². The monoisotopic (exact) mass is 161 g/mol. The first-order valence-electron chi connectivity index (χ1n) is 3.45. The van der Waals surface area contributed by atoms with E-state index in [1.165, 1.54) is 0 Å². The van der Waals surface area contributed by atoms with Crippen LogP contribution in [-0.4, -0.2) is 23.9 Å². The van der Waals surface area contributed by atoms with E-state index in [-0.39, 0.29) is 6.61 Å². The maximum atomic E-state index is 11.0. The second kappa shape index (κ2) is 3.69. The highest BCUT2D eigenvalue weighted by Crippen LogP contribution is 2.15. The van der Waals surface area contributed by atoms with Crippen molar-refractivity contribution >= 4 is 5.97 Å². The second-order valence-corrected chi connectivity index (χ2v) is 3.38. The third-order valence-electron chi connectivity index (χ3n) is 1.05. The number of aliphatic hydroxyl groups is 1. The van der Waals surface area contributed by atoms with Gasteiger partial charge in [-0.3, -0.25) is 10.5 Å². The number of aliphatic hydroxyl groups excluding tert-OH is 1. The molecule has 0 aromatic rings. The van der Waals surface area contributed by atoms with Gasteiger partial charge in [0.05, 0.1) is 12.0 Å². The fourth-order valence-electron chi connectivity index (χ4n) is 0.352. The number of rotatable bonds is 2. The van der Waals surface area contributed by atoms with Gasteiger partial charge in [-0.1, -0.05) is 0 Å². The fraction of sp³-hybridized carbons (Fsp3) is 0.857. The van der Waals surface area contributed by atoms with Crippen molar-refractivity contribution in [2.24, 2.45) is 11.1 Å². The van der Waals surface area contributed by atoms with E-state index in [0.717, 1.165) is 0 Å². The van der Waals surface area contributed by atoms with Gasteiger partial charge in [-0.25, -0.2) is 0 Å². The van der Waals surface area contributed by atoms with Crippen LogP contribution in [0.4, 0.5) is 0 Å². The number of esters is 1. The number of carbonyl (C=O) groups is 1. The predicted molar refractivity (Wildman–Crippen MR) is 40.6 cm³/mol. The second-order valence-electron chi connectivity index (χ2n) is 3.38. The van der Waals surface area contributed by atoms with Gasteiger partial charge in [0.25, 0.3) is 0 Å². The molecule has 0 saturated heterocycles. The molecule has 0 spiro atoms. The molecule has 0 aliphatic rings. The molecule has 0 radical (unpaired) electrons. The Morgan fingerprint density at radius 3 is 2.36 bits per heavy atom. The number of hydrogen-bond donors (Lipinski definition) is 2. The molecule has 0 aromatic carbocycles. The number of nitrogens with two attached hydrogens (primary N) is 1. The third-order valence-corrected chi connectivity index (χ3v) is 1.05. The average Bonchev–Trinajstić information content (AvgIpc) is 1.85. The zero-order valence-electron chi connectivity index (χ0n) is 7.13. The first-order valence-corrected chi connectivity index (χ1v) is 3.45. The predicted octanol–water partition coefficient (Wildman–Crippen LogP) is -0.147. The van der Waals surface area contributed by atoms with Crippen molar-refractivity contribution in [3.8, 4) is 0 Å². The summed E-state index contributed by atoms with van der Waals surface area (Å²) in [6.45, 7) is 4.82. The van der Waals surface area contributed by atoms with Crippen LogP contribution < -0.4 is 5.73 Å². The van der Waals surface area contributed by atoms with Crippen molar-refractivity contribution in [1.29, 1.82) is 0 Å². The number of hydrogen-bond acceptors (Lipinski definition) is 4. The summed E-state index contributed by atoms with van der Waals surface area (Å²) in [6, 6.07) is 0. The molecule has 0 aliphatic carbocycles. The standard InChI is InChI=1S/C7H15NO3/c1-7(2,3)6(10)11-5(8)4-9/h5,9H,4,8H2,1-3H3. The van der Waals surface area contributed by atoms with E-state index in [0.29, 0.717) is 0 Å². The van der Waals surface area contributed by atoms with Crippen LogP contribution >= 0.6 is 0 Å².